The monoisotopic (exact) mass is 287 g/mol. The van der Waals surface area contributed by atoms with Gasteiger partial charge in [0.25, 0.3) is 5.91 Å². The fourth-order valence-electron chi connectivity index (χ4n) is 2.88. The molecule has 2 aliphatic rings. The molecule has 0 saturated carbocycles. The zero-order valence-corrected chi connectivity index (χ0v) is 12.4. The molecule has 1 atom stereocenters. The van der Waals surface area contributed by atoms with Crippen LogP contribution in [-0.2, 0) is 0 Å². The van der Waals surface area contributed by atoms with Crippen molar-refractivity contribution >= 4 is 5.91 Å². The molecular formula is C17H21NO3. The average molecular weight is 287 g/mol. The van der Waals surface area contributed by atoms with Gasteiger partial charge in [-0.25, -0.2) is 0 Å². The van der Waals surface area contributed by atoms with Crippen LogP contribution in [0.25, 0.3) is 0 Å². The number of para-hydroxylation sites is 1. The van der Waals surface area contributed by atoms with Crippen molar-refractivity contribution in [3.05, 3.63) is 35.4 Å². The molecule has 1 N–H and O–H groups in total. The molecule has 0 bridgehead atoms. The summed E-state index contributed by atoms with van der Waals surface area (Å²) in [6.45, 7) is 3.06. The summed E-state index contributed by atoms with van der Waals surface area (Å²) in [6.07, 6.45) is 6.92. The van der Waals surface area contributed by atoms with E-state index >= 15 is 0 Å². The van der Waals surface area contributed by atoms with Crippen molar-refractivity contribution in [1.82, 2.24) is 5.32 Å². The number of hydrogen-bond donors (Lipinski definition) is 1. The second-order valence-electron chi connectivity index (χ2n) is 5.55. The minimum Gasteiger partial charge on any atom is -0.486 e. The van der Waals surface area contributed by atoms with Gasteiger partial charge in [0, 0.05) is 6.04 Å². The Morgan fingerprint density at radius 2 is 2.10 bits per heavy atom. The number of nitrogens with one attached hydrogen (secondary N) is 1. The summed E-state index contributed by atoms with van der Waals surface area (Å²) >= 11 is 0. The molecule has 1 unspecified atom stereocenters. The third-order valence-electron chi connectivity index (χ3n) is 4.04. The van der Waals surface area contributed by atoms with Crippen LogP contribution in [0.5, 0.6) is 11.5 Å². The van der Waals surface area contributed by atoms with E-state index in [0.717, 1.165) is 12.8 Å². The third-order valence-corrected chi connectivity index (χ3v) is 4.04. The van der Waals surface area contributed by atoms with Gasteiger partial charge in [-0.1, -0.05) is 17.7 Å². The van der Waals surface area contributed by atoms with E-state index in [1.165, 1.54) is 18.4 Å². The van der Waals surface area contributed by atoms with E-state index in [9.17, 15) is 4.79 Å². The summed E-state index contributed by atoms with van der Waals surface area (Å²) in [7, 11) is 0. The first-order chi connectivity index (χ1) is 10.3. The van der Waals surface area contributed by atoms with Crippen molar-refractivity contribution in [3.63, 3.8) is 0 Å². The molecule has 0 saturated heterocycles. The van der Waals surface area contributed by atoms with Crippen LogP contribution in [0.1, 0.15) is 43.0 Å². The van der Waals surface area contributed by atoms with E-state index in [4.69, 9.17) is 9.47 Å². The van der Waals surface area contributed by atoms with Gasteiger partial charge in [-0.3, -0.25) is 4.79 Å². The van der Waals surface area contributed by atoms with E-state index in [0.29, 0.717) is 30.3 Å². The number of carbonyl (C=O) groups excluding carboxylic acids is 1. The molecule has 4 heteroatoms. The van der Waals surface area contributed by atoms with Crippen LogP contribution in [-0.4, -0.2) is 25.2 Å². The molecule has 1 aliphatic carbocycles. The van der Waals surface area contributed by atoms with Crippen LogP contribution in [0.4, 0.5) is 0 Å². The number of fused-ring (bicyclic) bond motifs is 1. The van der Waals surface area contributed by atoms with Gasteiger partial charge in [-0.2, -0.15) is 0 Å². The minimum absolute atomic E-state index is 0.0677. The lowest BCUT2D eigenvalue weighted by molar-refractivity contribution is 0.0933. The molecule has 4 nitrogen and oxygen atoms in total. The number of benzene rings is 1. The maximum atomic E-state index is 12.5. The minimum atomic E-state index is -0.101. The first-order valence-electron chi connectivity index (χ1n) is 7.64. The predicted molar refractivity (Wildman–Crippen MR) is 80.9 cm³/mol. The summed E-state index contributed by atoms with van der Waals surface area (Å²) in [5, 5.41) is 3.07. The van der Waals surface area contributed by atoms with Crippen LogP contribution < -0.4 is 14.8 Å². The van der Waals surface area contributed by atoms with Gasteiger partial charge in [-0.15, -0.1) is 0 Å². The SMILES string of the molecule is CC(NC(=O)c1cccc2c1OCCO2)C1=CCCCC1. The van der Waals surface area contributed by atoms with Crippen LogP contribution in [0.15, 0.2) is 29.8 Å². The lowest BCUT2D eigenvalue weighted by atomic mass is 9.94. The number of allylic oxidation sites excluding steroid dienone is 1. The highest BCUT2D eigenvalue weighted by Crippen LogP contribution is 2.33. The zero-order chi connectivity index (χ0) is 14.7. The molecule has 112 valence electrons. The van der Waals surface area contributed by atoms with Crippen molar-refractivity contribution in [2.75, 3.05) is 13.2 Å². The lowest BCUT2D eigenvalue weighted by Gasteiger charge is -2.23. The van der Waals surface area contributed by atoms with E-state index < -0.39 is 0 Å². The summed E-state index contributed by atoms with van der Waals surface area (Å²) in [4.78, 5) is 12.5. The Bertz CT molecular complexity index is 565. The van der Waals surface area contributed by atoms with Crippen LogP contribution in [0.2, 0.25) is 0 Å². The standard InChI is InChI=1S/C17H21NO3/c1-12(13-6-3-2-4-7-13)18-17(19)14-8-5-9-15-16(14)21-11-10-20-15/h5-6,8-9,12H,2-4,7,10-11H2,1H3,(H,18,19). The summed E-state index contributed by atoms with van der Waals surface area (Å²) < 4.78 is 11.1. The topological polar surface area (TPSA) is 47.6 Å². The molecule has 0 aromatic heterocycles. The highest BCUT2D eigenvalue weighted by Gasteiger charge is 2.22. The average Bonchev–Trinajstić information content (AvgIpc) is 2.55. The van der Waals surface area contributed by atoms with Crippen LogP contribution in [0.3, 0.4) is 0 Å². The quantitative estimate of drug-likeness (QED) is 0.869. The fraction of sp³-hybridized carbons (Fsp3) is 0.471. The maximum Gasteiger partial charge on any atom is 0.255 e. The number of hydrogen-bond acceptors (Lipinski definition) is 3. The molecular weight excluding hydrogens is 266 g/mol. The largest absolute Gasteiger partial charge is 0.486 e. The molecule has 3 rings (SSSR count). The summed E-state index contributed by atoms with van der Waals surface area (Å²) in [5.41, 5.74) is 1.88. The normalized spacial score (nSPS) is 18.6. The second kappa shape index (κ2) is 6.20. The Kier molecular flexibility index (Phi) is 4.13. The molecule has 1 amide bonds. The van der Waals surface area contributed by atoms with E-state index in [-0.39, 0.29) is 11.9 Å². The number of ether oxygens (including phenoxy) is 2. The zero-order valence-electron chi connectivity index (χ0n) is 12.4. The van der Waals surface area contributed by atoms with Crippen molar-refractivity contribution < 1.29 is 14.3 Å². The molecule has 0 radical (unpaired) electrons. The van der Waals surface area contributed by atoms with Gasteiger partial charge < -0.3 is 14.8 Å². The third kappa shape index (κ3) is 3.04. The molecule has 1 aromatic carbocycles. The van der Waals surface area contributed by atoms with Gasteiger partial charge in [0.2, 0.25) is 0 Å². The second-order valence-corrected chi connectivity index (χ2v) is 5.55. The van der Waals surface area contributed by atoms with Crippen molar-refractivity contribution in [3.8, 4) is 11.5 Å². The van der Waals surface area contributed by atoms with Gasteiger partial charge in [0.05, 0.1) is 5.56 Å². The van der Waals surface area contributed by atoms with Gasteiger partial charge in [0.15, 0.2) is 11.5 Å². The molecule has 0 spiro atoms. The Morgan fingerprint density at radius 3 is 2.90 bits per heavy atom. The number of amides is 1. The van der Waals surface area contributed by atoms with E-state index in [1.807, 2.05) is 19.1 Å². The van der Waals surface area contributed by atoms with Crippen LogP contribution in [0, 0.1) is 0 Å². The van der Waals surface area contributed by atoms with Gasteiger partial charge in [0.1, 0.15) is 13.2 Å². The Labute approximate surface area is 125 Å². The predicted octanol–water partition coefficient (Wildman–Crippen LogP) is 3.08. The van der Waals surface area contributed by atoms with Crippen molar-refractivity contribution in [2.24, 2.45) is 0 Å². The van der Waals surface area contributed by atoms with Gasteiger partial charge in [-0.05, 0) is 44.7 Å². The Balaban J connectivity index is 1.75. The summed E-state index contributed by atoms with van der Waals surface area (Å²) in [5.74, 6) is 1.11. The Morgan fingerprint density at radius 1 is 1.24 bits per heavy atom. The first-order valence-corrected chi connectivity index (χ1v) is 7.64. The van der Waals surface area contributed by atoms with E-state index in [1.54, 1.807) is 6.07 Å². The van der Waals surface area contributed by atoms with Crippen molar-refractivity contribution in [2.45, 2.75) is 38.6 Å². The number of carbonyl (C=O) groups is 1. The highest BCUT2D eigenvalue weighted by atomic mass is 16.6. The molecule has 21 heavy (non-hydrogen) atoms. The molecule has 1 heterocycles. The van der Waals surface area contributed by atoms with E-state index in [2.05, 4.69) is 11.4 Å². The fourth-order valence-corrected chi connectivity index (χ4v) is 2.88. The van der Waals surface area contributed by atoms with Crippen LogP contribution >= 0.6 is 0 Å². The highest BCUT2D eigenvalue weighted by molar-refractivity contribution is 5.98. The Hall–Kier alpha value is -1.97. The van der Waals surface area contributed by atoms with Crippen molar-refractivity contribution in [1.29, 1.82) is 0 Å². The van der Waals surface area contributed by atoms with Gasteiger partial charge >= 0.3 is 0 Å². The maximum absolute atomic E-state index is 12.5. The molecule has 1 aliphatic heterocycles. The first kappa shape index (κ1) is 14.0. The molecule has 0 fully saturated rings. The smallest absolute Gasteiger partial charge is 0.255 e. The lowest BCUT2D eigenvalue weighted by Crippen LogP contribution is -2.35. The summed E-state index contributed by atoms with van der Waals surface area (Å²) in [6, 6.07) is 5.51. The molecule has 1 aromatic rings. The number of rotatable bonds is 3.